The predicted molar refractivity (Wildman–Crippen MR) is 76.3 cm³/mol. The van der Waals surface area contributed by atoms with Crippen LogP contribution in [0, 0.1) is 17.8 Å². The molecule has 4 nitrogen and oxygen atoms in total. The van der Waals surface area contributed by atoms with Gasteiger partial charge in [0, 0.05) is 0 Å². The van der Waals surface area contributed by atoms with Crippen molar-refractivity contribution in [2.45, 2.75) is 76.5 Å². The molecule has 0 saturated heterocycles. The van der Waals surface area contributed by atoms with Gasteiger partial charge in [-0.2, -0.15) is 0 Å². The number of carbonyl (C=O) groups is 1. The van der Waals surface area contributed by atoms with Crippen LogP contribution < -0.4 is 5.32 Å². The fourth-order valence-electron chi connectivity index (χ4n) is 4.96. The first-order chi connectivity index (χ1) is 9.11. The van der Waals surface area contributed by atoms with Gasteiger partial charge in [-0.3, -0.25) is 0 Å². The lowest BCUT2D eigenvalue weighted by Gasteiger charge is -2.64. The summed E-state index contributed by atoms with van der Waals surface area (Å²) in [5.74, 6) is 1.63. The Labute approximate surface area is 121 Å². The molecule has 2 N–H and O–H groups in total. The van der Waals surface area contributed by atoms with Gasteiger partial charge in [0.05, 0.1) is 11.1 Å². The number of alkyl carbamates (subject to hydrolysis) is 1. The second-order valence-electron chi connectivity index (χ2n) is 8.40. The molecule has 4 aliphatic carbocycles. The fraction of sp³-hybridized carbons (Fsp3) is 0.938. The SMILES string of the molecule is CC(C)(C)OC(=O)NC12CC3CC(CC(C3)C1(C)O)C2. The van der Waals surface area contributed by atoms with E-state index in [4.69, 9.17) is 4.74 Å². The van der Waals surface area contributed by atoms with Gasteiger partial charge in [-0.05, 0) is 77.6 Å². The van der Waals surface area contributed by atoms with Crippen molar-refractivity contribution in [3.05, 3.63) is 0 Å². The molecule has 0 spiro atoms. The van der Waals surface area contributed by atoms with Gasteiger partial charge in [0.1, 0.15) is 5.60 Å². The van der Waals surface area contributed by atoms with Crippen molar-refractivity contribution >= 4 is 6.09 Å². The molecule has 4 heteroatoms. The molecule has 4 aliphatic rings. The van der Waals surface area contributed by atoms with E-state index in [-0.39, 0.29) is 6.09 Å². The summed E-state index contributed by atoms with van der Waals surface area (Å²) in [5.41, 5.74) is -1.79. The third kappa shape index (κ3) is 2.12. The average Bonchev–Trinajstić information content (AvgIpc) is 2.22. The molecule has 3 unspecified atom stereocenters. The zero-order valence-corrected chi connectivity index (χ0v) is 13.0. The topological polar surface area (TPSA) is 58.6 Å². The molecular formula is C16H27NO3. The van der Waals surface area contributed by atoms with E-state index in [1.165, 1.54) is 6.42 Å². The Bertz CT molecular complexity index is 410. The van der Waals surface area contributed by atoms with Crippen LogP contribution in [0.5, 0.6) is 0 Å². The first kappa shape index (κ1) is 14.2. The van der Waals surface area contributed by atoms with Crippen molar-refractivity contribution in [2.24, 2.45) is 17.8 Å². The Kier molecular flexibility index (Phi) is 2.92. The summed E-state index contributed by atoms with van der Waals surface area (Å²) in [7, 11) is 0. The van der Waals surface area contributed by atoms with E-state index in [2.05, 4.69) is 5.32 Å². The Morgan fingerprint density at radius 2 is 1.75 bits per heavy atom. The molecule has 20 heavy (non-hydrogen) atoms. The van der Waals surface area contributed by atoms with Crippen LogP contribution in [0.15, 0.2) is 0 Å². The molecule has 4 bridgehead atoms. The molecule has 4 rings (SSSR count). The molecule has 3 atom stereocenters. The van der Waals surface area contributed by atoms with Crippen LogP contribution in [0.2, 0.25) is 0 Å². The Hall–Kier alpha value is -0.770. The van der Waals surface area contributed by atoms with Crippen LogP contribution >= 0.6 is 0 Å². The Balaban J connectivity index is 1.81. The quantitative estimate of drug-likeness (QED) is 0.777. The number of hydrogen-bond acceptors (Lipinski definition) is 3. The molecule has 0 heterocycles. The highest BCUT2D eigenvalue weighted by atomic mass is 16.6. The monoisotopic (exact) mass is 281 g/mol. The molecule has 0 aliphatic heterocycles. The fourth-order valence-corrected chi connectivity index (χ4v) is 4.96. The summed E-state index contributed by atoms with van der Waals surface area (Å²) in [6, 6.07) is 0. The minimum absolute atomic E-state index is 0.323. The first-order valence-corrected chi connectivity index (χ1v) is 7.85. The van der Waals surface area contributed by atoms with E-state index in [1.807, 2.05) is 27.7 Å². The third-order valence-corrected chi connectivity index (χ3v) is 5.68. The Morgan fingerprint density at radius 1 is 1.20 bits per heavy atom. The summed E-state index contributed by atoms with van der Waals surface area (Å²) < 4.78 is 5.41. The molecule has 0 aromatic rings. The highest BCUT2D eigenvalue weighted by Crippen LogP contribution is 2.60. The number of hydrogen-bond donors (Lipinski definition) is 2. The minimum atomic E-state index is -0.808. The summed E-state index contributed by atoms with van der Waals surface area (Å²) in [4.78, 5) is 12.2. The number of aliphatic hydroxyl groups is 1. The number of carbonyl (C=O) groups excluding carboxylic acids is 1. The van der Waals surface area contributed by atoms with Crippen LogP contribution in [0.3, 0.4) is 0 Å². The summed E-state index contributed by atoms with van der Waals surface area (Å²) in [6.07, 6.45) is 4.89. The van der Waals surface area contributed by atoms with E-state index in [0.717, 1.165) is 25.7 Å². The summed E-state index contributed by atoms with van der Waals surface area (Å²) in [6.45, 7) is 7.51. The minimum Gasteiger partial charge on any atom is -0.444 e. The number of ether oxygens (including phenoxy) is 1. The molecule has 0 aromatic heterocycles. The maximum Gasteiger partial charge on any atom is 0.408 e. The van der Waals surface area contributed by atoms with E-state index in [0.29, 0.717) is 17.8 Å². The van der Waals surface area contributed by atoms with Crippen LogP contribution in [0.25, 0.3) is 0 Å². The number of amides is 1. The zero-order chi connectivity index (χ0) is 14.8. The number of rotatable bonds is 1. The van der Waals surface area contributed by atoms with E-state index in [1.54, 1.807) is 0 Å². The van der Waals surface area contributed by atoms with Crippen molar-refractivity contribution in [2.75, 3.05) is 0 Å². The molecule has 0 radical (unpaired) electrons. The smallest absolute Gasteiger partial charge is 0.408 e. The largest absolute Gasteiger partial charge is 0.444 e. The van der Waals surface area contributed by atoms with Gasteiger partial charge in [-0.15, -0.1) is 0 Å². The van der Waals surface area contributed by atoms with Crippen molar-refractivity contribution < 1.29 is 14.6 Å². The maximum absolute atomic E-state index is 12.2. The van der Waals surface area contributed by atoms with E-state index < -0.39 is 16.7 Å². The lowest BCUT2D eigenvalue weighted by Crippen LogP contribution is -2.74. The summed E-state index contributed by atoms with van der Waals surface area (Å²) in [5, 5.41) is 14.1. The van der Waals surface area contributed by atoms with Gasteiger partial charge in [-0.1, -0.05) is 0 Å². The standard InChI is InChI=1S/C16H27NO3/c1-14(2,3)20-13(18)17-16-8-10-5-11(9-16)7-12(6-10)15(16,4)19/h10-12,19H,5-9H2,1-4H3,(H,17,18). The highest BCUT2D eigenvalue weighted by molar-refractivity contribution is 5.69. The summed E-state index contributed by atoms with van der Waals surface area (Å²) >= 11 is 0. The van der Waals surface area contributed by atoms with Crippen molar-refractivity contribution in [3.63, 3.8) is 0 Å². The van der Waals surface area contributed by atoms with Gasteiger partial charge >= 0.3 is 6.09 Å². The lowest BCUT2D eigenvalue weighted by atomic mass is 9.47. The number of nitrogens with one attached hydrogen (secondary N) is 1. The maximum atomic E-state index is 12.2. The van der Waals surface area contributed by atoms with Crippen LogP contribution in [0.1, 0.15) is 59.8 Å². The Morgan fingerprint density at radius 3 is 2.25 bits per heavy atom. The third-order valence-electron chi connectivity index (χ3n) is 5.68. The van der Waals surface area contributed by atoms with Crippen LogP contribution in [-0.2, 0) is 4.74 Å². The van der Waals surface area contributed by atoms with E-state index in [9.17, 15) is 9.90 Å². The van der Waals surface area contributed by atoms with Gasteiger partial charge in [-0.25, -0.2) is 4.79 Å². The van der Waals surface area contributed by atoms with E-state index >= 15 is 0 Å². The molecule has 114 valence electrons. The first-order valence-electron chi connectivity index (χ1n) is 7.85. The molecule has 0 aromatic carbocycles. The van der Waals surface area contributed by atoms with Gasteiger partial charge in [0.15, 0.2) is 0 Å². The second-order valence-corrected chi connectivity index (χ2v) is 8.40. The van der Waals surface area contributed by atoms with Crippen LogP contribution in [0.4, 0.5) is 4.79 Å². The highest BCUT2D eigenvalue weighted by Gasteiger charge is 2.63. The molecular weight excluding hydrogens is 254 g/mol. The molecule has 1 amide bonds. The normalized spacial score (nSPS) is 46.4. The van der Waals surface area contributed by atoms with Gasteiger partial charge in [0.2, 0.25) is 0 Å². The van der Waals surface area contributed by atoms with Crippen molar-refractivity contribution in [1.82, 2.24) is 5.32 Å². The van der Waals surface area contributed by atoms with Crippen molar-refractivity contribution in [1.29, 1.82) is 0 Å². The van der Waals surface area contributed by atoms with Gasteiger partial charge in [0.25, 0.3) is 0 Å². The molecule has 4 fully saturated rings. The van der Waals surface area contributed by atoms with Crippen molar-refractivity contribution in [3.8, 4) is 0 Å². The lowest BCUT2D eigenvalue weighted by molar-refractivity contribution is -0.186. The molecule has 4 saturated carbocycles. The predicted octanol–water partition coefficient (Wildman–Crippen LogP) is 2.84. The second kappa shape index (κ2) is 4.12. The van der Waals surface area contributed by atoms with Gasteiger partial charge < -0.3 is 15.2 Å². The zero-order valence-electron chi connectivity index (χ0n) is 13.0. The average molecular weight is 281 g/mol. The van der Waals surface area contributed by atoms with Crippen LogP contribution in [-0.4, -0.2) is 27.9 Å².